The Kier molecular flexibility index (Phi) is 4.33. The van der Waals surface area contributed by atoms with Gasteiger partial charge in [-0.15, -0.1) is 9.35 Å². The van der Waals surface area contributed by atoms with Gasteiger partial charge in [-0.25, -0.2) is 0 Å². The van der Waals surface area contributed by atoms with Crippen molar-refractivity contribution < 1.29 is 22.3 Å². The van der Waals surface area contributed by atoms with Crippen molar-refractivity contribution in [2.45, 2.75) is 0 Å². The Labute approximate surface area is 161 Å². The van der Waals surface area contributed by atoms with Crippen molar-refractivity contribution >= 4 is 44.9 Å². The highest BCUT2D eigenvalue weighted by Crippen LogP contribution is 2.33. The maximum atomic E-state index is 12.7. The SMILES string of the molecule is CS(=O)(=O)ON1C(=O)c2cccc3c(/C=C/c4ccccc4)ccc(c23)C1=O. The molecular weight excluding hydrogens is 378 g/mol. The fourth-order valence-electron chi connectivity index (χ4n) is 3.20. The van der Waals surface area contributed by atoms with Gasteiger partial charge in [-0.3, -0.25) is 9.59 Å². The Balaban J connectivity index is 1.85. The lowest BCUT2D eigenvalue weighted by Gasteiger charge is -2.25. The van der Waals surface area contributed by atoms with E-state index in [1.165, 1.54) is 0 Å². The second kappa shape index (κ2) is 6.70. The van der Waals surface area contributed by atoms with Crippen LogP contribution in [0.1, 0.15) is 31.8 Å². The lowest BCUT2D eigenvalue weighted by atomic mass is 9.92. The number of carbonyl (C=O) groups is 2. The summed E-state index contributed by atoms with van der Waals surface area (Å²) in [6, 6.07) is 18.1. The van der Waals surface area contributed by atoms with Gasteiger partial charge in [0.05, 0.1) is 17.4 Å². The van der Waals surface area contributed by atoms with E-state index in [0.29, 0.717) is 10.4 Å². The Morgan fingerprint density at radius 3 is 2.18 bits per heavy atom. The second-order valence-electron chi connectivity index (χ2n) is 6.36. The smallest absolute Gasteiger partial charge is 0.266 e. The third kappa shape index (κ3) is 3.21. The van der Waals surface area contributed by atoms with Crippen molar-refractivity contribution in [3.8, 4) is 0 Å². The van der Waals surface area contributed by atoms with Crippen LogP contribution in [0.5, 0.6) is 0 Å². The summed E-state index contributed by atoms with van der Waals surface area (Å²) in [6.07, 6.45) is 4.63. The van der Waals surface area contributed by atoms with Gasteiger partial charge < -0.3 is 0 Å². The lowest BCUT2D eigenvalue weighted by Crippen LogP contribution is -2.41. The van der Waals surface area contributed by atoms with Crippen LogP contribution in [0.3, 0.4) is 0 Å². The summed E-state index contributed by atoms with van der Waals surface area (Å²) < 4.78 is 27.5. The monoisotopic (exact) mass is 393 g/mol. The molecule has 140 valence electrons. The summed E-state index contributed by atoms with van der Waals surface area (Å²) >= 11 is 0. The topological polar surface area (TPSA) is 80.8 Å². The summed E-state index contributed by atoms with van der Waals surface area (Å²) in [6.45, 7) is 0. The maximum Gasteiger partial charge on any atom is 0.286 e. The van der Waals surface area contributed by atoms with Gasteiger partial charge in [0.2, 0.25) is 0 Å². The zero-order chi connectivity index (χ0) is 19.9. The normalized spacial score (nSPS) is 14.2. The predicted octanol–water partition coefficient (Wildman–Crippen LogP) is 3.50. The number of hydrogen-bond acceptors (Lipinski definition) is 5. The molecule has 3 aromatic carbocycles. The quantitative estimate of drug-likeness (QED) is 0.501. The molecule has 0 spiro atoms. The van der Waals surface area contributed by atoms with Crippen LogP contribution in [0, 0.1) is 0 Å². The van der Waals surface area contributed by atoms with E-state index in [2.05, 4.69) is 4.28 Å². The van der Waals surface area contributed by atoms with Crippen molar-refractivity contribution in [1.82, 2.24) is 5.06 Å². The Hall–Kier alpha value is -3.29. The van der Waals surface area contributed by atoms with Crippen molar-refractivity contribution in [3.05, 3.63) is 82.9 Å². The van der Waals surface area contributed by atoms with Gasteiger partial charge in [-0.1, -0.05) is 60.7 Å². The molecule has 1 aliphatic heterocycles. The van der Waals surface area contributed by atoms with Gasteiger partial charge in [0.1, 0.15) is 0 Å². The highest BCUT2D eigenvalue weighted by Gasteiger charge is 2.36. The molecule has 3 aromatic rings. The van der Waals surface area contributed by atoms with Crippen molar-refractivity contribution in [3.63, 3.8) is 0 Å². The van der Waals surface area contributed by atoms with Crippen LogP contribution in [0.25, 0.3) is 22.9 Å². The second-order valence-corrected chi connectivity index (χ2v) is 7.92. The van der Waals surface area contributed by atoms with Crippen LogP contribution in [0.2, 0.25) is 0 Å². The minimum Gasteiger partial charge on any atom is -0.266 e. The molecule has 1 heterocycles. The van der Waals surface area contributed by atoms with Crippen molar-refractivity contribution in [2.24, 2.45) is 0 Å². The molecule has 7 heteroatoms. The molecule has 0 saturated carbocycles. The molecule has 1 aliphatic rings. The van der Waals surface area contributed by atoms with E-state index in [1.54, 1.807) is 24.3 Å². The highest BCUT2D eigenvalue weighted by molar-refractivity contribution is 7.85. The number of carbonyl (C=O) groups excluding carboxylic acids is 2. The summed E-state index contributed by atoms with van der Waals surface area (Å²) in [7, 11) is -4.04. The van der Waals surface area contributed by atoms with E-state index in [4.69, 9.17) is 0 Å². The zero-order valence-corrected chi connectivity index (χ0v) is 15.6. The van der Waals surface area contributed by atoms with Gasteiger partial charge in [0.25, 0.3) is 21.9 Å². The molecular formula is C21H15NO5S. The number of amides is 2. The third-order valence-corrected chi connectivity index (χ3v) is 4.79. The molecule has 0 unspecified atom stereocenters. The summed E-state index contributed by atoms with van der Waals surface area (Å²) in [5, 5.41) is 1.51. The molecule has 0 atom stereocenters. The molecule has 28 heavy (non-hydrogen) atoms. The van der Waals surface area contributed by atoms with Crippen LogP contribution in [0.4, 0.5) is 0 Å². The van der Waals surface area contributed by atoms with Gasteiger partial charge >= 0.3 is 0 Å². The molecule has 2 amide bonds. The fraction of sp³-hybridized carbons (Fsp3) is 0.0476. The van der Waals surface area contributed by atoms with Crippen molar-refractivity contribution in [2.75, 3.05) is 6.26 Å². The largest absolute Gasteiger partial charge is 0.286 e. The third-order valence-electron chi connectivity index (χ3n) is 4.37. The molecule has 0 bridgehead atoms. The van der Waals surface area contributed by atoms with Gasteiger partial charge in [0, 0.05) is 5.39 Å². The molecule has 0 N–H and O–H groups in total. The number of hydroxylamine groups is 2. The summed E-state index contributed by atoms with van der Waals surface area (Å²) in [5.41, 5.74) is 2.28. The van der Waals surface area contributed by atoms with E-state index in [9.17, 15) is 18.0 Å². The average molecular weight is 393 g/mol. The first-order valence-electron chi connectivity index (χ1n) is 8.42. The number of rotatable bonds is 4. The number of benzene rings is 3. The first-order chi connectivity index (χ1) is 13.3. The fourth-order valence-corrected chi connectivity index (χ4v) is 3.60. The maximum absolute atomic E-state index is 12.7. The van der Waals surface area contributed by atoms with E-state index in [-0.39, 0.29) is 11.1 Å². The summed E-state index contributed by atoms with van der Waals surface area (Å²) in [5.74, 6) is -1.62. The van der Waals surface area contributed by atoms with Crippen LogP contribution in [-0.4, -0.2) is 31.6 Å². The Morgan fingerprint density at radius 2 is 1.50 bits per heavy atom. The first kappa shape index (κ1) is 18.1. The molecule has 0 aliphatic carbocycles. The molecule has 6 nitrogen and oxygen atoms in total. The van der Waals surface area contributed by atoms with Crippen LogP contribution < -0.4 is 0 Å². The number of nitrogens with zero attached hydrogens (tertiary/aromatic N) is 1. The first-order valence-corrected chi connectivity index (χ1v) is 10.2. The predicted molar refractivity (Wildman–Crippen MR) is 106 cm³/mol. The molecule has 0 fully saturated rings. The van der Waals surface area contributed by atoms with Crippen LogP contribution in [-0.2, 0) is 14.4 Å². The van der Waals surface area contributed by atoms with Crippen LogP contribution >= 0.6 is 0 Å². The van der Waals surface area contributed by atoms with Gasteiger partial charge in [-0.2, -0.15) is 8.42 Å². The Bertz CT molecular complexity index is 1220. The minimum atomic E-state index is -4.04. The molecule has 0 radical (unpaired) electrons. The minimum absolute atomic E-state index is 0.214. The van der Waals surface area contributed by atoms with E-state index < -0.39 is 21.9 Å². The van der Waals surface area contributed by atoms with Gasteiger partial charge in [-0.05, 0) is 28.6 Å². The standard InChI is InChI=1S/C21H15NO5S/c1-28(25,26)27-22-20(23)17-9-5-8-16-15(11-10-14-6-3-2-4-7-14)12-13-18(19(16)17)21(22)24/h2-13H,1H3/b11-10+. The van der Waals surface area contributed by atoms with Gasteiger partial charge in [0.15, 0.2) is 0 Å². The van der Waals surface area contributed by atoms with Crippen LogP contribution in [0.15, 0.2) is 60.7 Å². The van der Waals surface area contributed by atoms with Crippen molar-refractivity contribution in [1.29, 1.82) is 0 Å². The molecule has 4 rings (SSSR count). The number of hydrogen-bond donors (Lipinski definition) is 0. The zero-order valence-electron chi connectivity index (χ0n) is 14.8. The van der Waals surface area contributed by atoms with E-state index in [0.717, 1.165) is 22.8 Å². The average Bonchev–Trinajstić information content (AvgIpc) is 2.68. The highest BCUT2D eigenvalue weighted by atomic mass is 32.2. The van der Waals surface area contributed by atoms with E-state index >= 15 is 0 Å². The Morgan fingerprint density at radius 1 is 0.821 bits per heavy atom. The lowest BCUT2D eigenvalue weighted by molar-refractivity contribution is -0.0149. The molecule has 0 saturated heterocycles. The van der Waals surface area contributed by atoms with E-state index in [1.807, 2.05) is 48.6 Å². The number of imide groups is 1. The summed E-state index contributed by atoms with van der Waals surface area (Å²) in [4.78, 5) is 25.4. The molecule has 0 aromatic heterocycles.